The van der Waals surface area contributed by atoms with Crippen molar-refractivity contribution in [1.29, 1.82) is 0 Å². The van der Waals surface area contributed by atoms with E-state index in [1.807, 2.05) is 24.3 Å². The van der Waals surface area contributed by atoms with E-state index in [0.29, 0.717) is 18.6 Å². The number of carbonyl (C=O) groups excluding carboxylic acids is 3. The van der Waals surface area contributed by atoms with E-state index in [9.17, 15) is 14.4 Å². The highest BCUT2D eigenvalue weighted by molar-refractivity contribution is 5.76. The summed E-state index contributed by atoms with van der Waals surface area (Å²) in [5.41, 5.74) is 2.12. The van der Waals surface area contributed by atoms with Gasteiger partial charge in [-0.05, 0) is 80.7 Å². The first-order valence-corrected chi connectivity index (χ1v) is 15.8. The molecule has 1 amide bonds. The number of amides is 1. The molecule has 2 aromatic rings. The van der Waals surface area contributed by atoms with Crippen LogP contribution in [0.1, 0.15) is 82.8 Å². The van der Waals surface area contributed by atoms with Crippen LogP contribution in [0.2, 0.25) is 0 Å². The van der Waals surface area contributed by atoms with E-state index < -0.39 is 0 Å². The monoisotopic (exact) mass is 574 g/mol. The van der Waals surface area contributed by atoms with Crippen LogP contribution in [0.3, 0.4) is 0 Å². The third-order valence-corrected chi connectivity index (χ3v) is 9.39. The normalized spacial score (nSPS) is 25.7. The lowest BCUT2D eigenvalue weighted by Crippen LogP contribution is -2.61. The van der Waals surface area contributed by atoms with E-state index in [-0.39, 0.29) is 41.3 Å². The second-order valence-electron chi connectivity index (χ2n) is 12.7. The zero-order valence-electron chi connectivity index (χ0n) is 25.2. The predicted molar refractivity (Wildman–Crippen MR) is 162 cm³/mol. The molecule has 2 saturated carbocycles. The quantitative estimate of drug-likeness (QED) is 0.202. The molecule has 4 atom stereocenters. The molecule has 0 bridgehead atoms. The van der Waals surface area contributed by atoms with Crippen LogP contribution in [0, 0.1) is 11.8 Å². The zero-order chi connectivity index (χ0) is 29.5. The topological polar surface area (TPSA) is 84.9 Å². The minimum Gasteiger partial charge on any atom is -0.462 e. The molecule has 1 aliphatic heterocycles. The largest absolute Gasteiger partial charge is 0.462 e. The molecule has 2 aliphatic carbocycles. The van der Waals surface area contributed by atoms with Gasteiger partial charge in [-0.3, -0.25) is 14.4 Å². The molecular formula is C35H46N2O5. The van der Waals surface area contributed by atoms with Crippen molar-refractivity contribution < 1.29 is 23.9 Å². The standard InChI is InChI=1S/C35H46N2O5/c1-25(38)41-31-14-9-13-29(20-31)35-18-19-37(23-28-16-17-28)24-32(35)33(42-26(2)39)21-30(22-35)36-34(40)15-8-4-7-12-27-10-5-3-6-11-27/h3,5-6,9-11,13-14,20,28,30,32-33H,4,7-8,12,15-19,21-24H2,1-2H3,(H,36,40)/t30-,32+,33?,35+/m1/s1. The minimum atomic E-state index is -0.351. The Kier molecular flexibility index (Phi) is 9.99. The first-order valence-electron chi connectivity index (χ1n) is 15.8. The molecule has 3 aliphatic rings. The van der Waals surface area contributed by atoms with Crippen molar-refractivity contribution in [2.24, 2.45) is 11.8 Å². The second kappa shape index (κ2) is 13.9. The summed E-state index contributed by atoms with van der Waals surface area (Å²) in [7, 11) is 0. The maximum atomic E-state index is 13.1. The van der Waals surface area contributed by atoms with E-state index >= 15 is 0 Å². The predicted octanol–water partition coefficient (Wildman–Crippen LogP) is 5.60. The van der Waals surface area contributed by atoms with Crippen LogP contribution < -0.4 is 10.1 Å². The summed E-state index contributed by atoms with van der Waals surface area (Å²) < 4.78 is 11.5. The van der Waals surface area contributed by atoms with E-state index in [2.05, 4.69) is 40.5 Å². The summed E-state index contributed by atoms with van der Waals surface area (Å²) in [6.07, 6.45) is 9.04. The molecule has 0 radical (unpaired) electrons. The molecule has 3 fully saturated rings. The summed E-state index contributed by atoms with van der Waals surface area (Å²) in [5, 5.41) is 3.33. The van der Waals surface area contributed by atoms with Gasteiger partial charge in [0.2, 0.25) is 5.91 Å². The van der Waals surface area contributed by atoms with Gasteiger partial charge < -0.3 is 19.7 Å². The number of aryl methyl sites for hydroxylation is 1. The van der Waals surface area contributed by atoms with Gasteiger partial charge >= 0.3 is 11.9 Å². The Morgan fingerprint density at radius 1 is 0.976 bits per heavy atom. The summed E-state index contributed by atoms with van der Waals surface area (Å²) in [6, 6.07) is 18.2. The Balaban J connectivity index is 1.30. The van der Waals surface area contributed by atoms with Gasteiger partial charge in [-0.25, -0.2) is 0 Å². The van der Waals surface area contributed by atoms with Crippen LogP contribution in [0.25, 0.3) is 0 Å². The van der Waals surface area contributed by atoms with Crippen molar-refractivity contribution in [3.8, 4) is 5.75 Å². The fourth-order valence-corrected chi connectivity index (χ4v) is 7.31. The van der Waals surface area contributed by atoms with Crippen LogP contribution in [-0.2, 0) is 31.0 Å². The van der Waals surface area contributed by atoms with Crippen molar-refractivity contribution in [1.82, 2.24) is 10.2 Å². The Labute approximate surface area is 250 Å². The Morgan fingerprint density at radius 3 is 2.52 bits per heavy atom. The van der Waals surface area contributed by atoms with E-state index in [4.69, 9.17) is 9.47 Å². The first-order chi connectivity index (χ1) is 20.3. The highest BCUT2D eigenvalue weighted by Gasteiger charge is 2.54. The molecule has 0 aromatic heterocycles. The van der Waals surface area contributed by atoms with Gasteiger partial charge in [-0.2, -0.15) is 0 Å². The van der Waals surface area contributed by atoms with E-state index in [1.54, 1.807) is 0 Å². The lowest BCUT2D eigenvalue weighted by Gasteiger charge is -2.55. The van der Waals surface area contributed by atoms with E-state index in [1.165, 1.54) is 32.3 Å². The SMILES string of the molecule is CC(=O)Oc1cccc([C@@]23CCN(CC4CC4)C[C@H]2C(OC(C)=O)C[C@@H](NC(=O)CCCCCc2ccccc2)C3)c1. The highest BCUT2D eigenvalue weighted by Crippen LogP contribution is 2.51. The van der Waals surface area contributed by atoms with Crippen molar-refractivity contribution in [2.75, 3.05) is 19.6 Å². The average molecular weight is 575 g/mol. The Hall–Kier alpha value is -3.19. The molecule has 0 spiro atoms. The average Bonchev–Trinajstić information content (AvgIpc) is 3.77. The van der Waals surface area contributed by atoms with Crippen LogP contribution in [0.4, 0.5) is 0 Å². The number of ether oxygens (including phenoxy) is 2. The van der Waals surface area contributed by atoms with Gasteiger partial charge in [-0.15, -0.1) is 0 Å². The molecule has 1 N–H and O–H groups in total. The number of hydrogen-bond donors (Lipinski definition) is 1. The van der Waals surface area contributed by atoms with Crippen LogP contribution in [-0.4, -0.2) is 54.5 Å². The number of carbonyl (C=O) groups is 3. The minimum absolute atomic E-state index is 0.0646. The fourth-order valence-electron chi connectivity index (χ4n) is 7.31. The molecule has 2 aromatic carbocycles. The van der Waals surface area contributed by atoms with Gasteiger partial charge in [0.1, 0.15) is 11.9 Å². The summed E-state index contributed by atoms with van der Waals surface area (Å²) >= 11 is 0. The third kappa shape index (κ3) is 8.00. The Morgan fingerprint density at radius 2 is 1.79 bits per heavy atom. The number of unbranched alkanes of at least 4 members (excludes halogenated alkanes) is 2. The smallest absolute Gasteiger partial charge is 0.308 e. The second-order valence-corrected chi connectivity index (χ2v) is 12.7. The van der Waals surface area contributed by atoms with Crippen molar-refractivity contribution in [2.45, 2.75) is 95.6 Å². The van der Waals surface area contributed by atoms with Crippen molar-refractivity contribution in [3.63, 3.8) is 0 Å². The van der Waals surface area contributed by atoms with Crippen LogP contribution in [0.15, 0.2) is 54.6 Å². The van der Waals surface area contributed by atoms with Gasteiger partial charge in [0.15, 0.2) is 0 Å². The van der Waals surface area contributed by atoms with E-state index in [0.717, 1.165) is 69.6 Å². The molecule has 226 valence electrons. The van der Waals surface area contributed by atoms with Crippen LogP contribution in [0.5, 0.6) is 5.75 Å². The molecule has 5 rings (SSSR count). The number of fused-ring (bicyclic) bond motifs is 1. The number of nitrogens with one attached hydrogen (secondary N) is 1. The summed E-state index contributed by atoms with van der Waals surface area (Å²) in [6.45, 7) is 5.80. The molecule has 1 unspecified atom stereocenters. The van der Waals surface area contributed by atoms with Crippen molar-refractivity contribution >= 4 is 17.8 Å². The Bertz CT molecular complexity index is 1230. The fraction of sp³-hybridized carbons (Fsp3) is 0.571. The highest BCUT2D eigenvalue weighted by atomic mass is 16.5. The van der Waals surface area contributed by atoms with Crippen molar-refractivity contribution in [3.05, 3.63) is 65.7 Å². The molecule has 7 nitrogen and oxygen atoms in total. The lowest BCUT2D eigenvalue weighted by atomic mass is 9.57. The van der Waals surface area contributed by atoms with Gasteiger partial charge in [0, 0.05) is 57.2 Å². The lowest BCUT2D eigenvalue weighted by molar-refractivity contribution is -0.157. The van der Waals surface area contributed by atoms with Gasteiger partial charge in [-0.1, -0.05) is 48.9 Å². The zero-order valence-corrected chi connectivity index (χ0v) is 25.2. The van der Waals surface area contributed by atoms with Crippen LogP contribution >= 0.6 is 0 Å². The maximum absolute atomic E-state index is 13.1. The van der Waals surface area contributed by atoms with Gasteiger partial charge in [0.05, 0.1) is 0 Å². The molecular weight excluding hydrogens is 528 g/mol. The molecule has 7 heteroatoms. The summed E-state index contributed by atoms with van der Waals surface area (Å²) in [5.74, 6) is 0.824. The number of nitrogens with zero attached hydrogens (tertiary/aromatic N) is 1. The number of piperidine rings is 1. The van der Waals surface area contributed by atoms with Gasteiger partial charge in [0.25, 0.3) is 0 Å². The molecule has 42 heavy (non-hydrogen) atoms. The maximum Gasteiger partial charge on any atom is 0.308 e. The number of hydrogen-bond acceptors (Lipinski definition) is 6. The third-order valence-electron chi connectivity index (χ3n) is 9.39. The number of rotatable bonds is 12. The number of esters is 2. The number of likely N-dealkylation sites (tertiary alicyclic amines) is 1. The molecule has 1 heterocycles. The number of benzene rings is 2. The first kappa shape index (κ1) is 30.3. The summed E-state index contributed by atoms with van der Waals surface area (Å²) in [4.78, 5) is 39.8. The molecule has 1 saturated heterocycles.